The molecule has 3 aromatic rings. The molecule has 3 heterocycles. The van der Waals surface area contributed by atoms with Gasteiger partial charge in [-0.05, 0) is 12.1 Å². The van der Waals surface area contributed by atoms with Gasteiger partial charge in [-0.1, -0.05) is 18.2 Å². The first-order valence-corrected chi connectivity index (χ1v) is 9.45. The van der Waals surface area contributed by atoms with Gasteiger partial charge in [0.1, 0.15) is 6.54 Å². The maximum absolute atomic E-state index is 12.9. The minimum absolute atomic E-state index is 0.0421. The number of H-pyrrole nitrogens is 1. The number of hydrogen-bond donors (Lipinski definition) is 1. The summed E-state index contributed by atoms with van der Waals surface area (Å²) in [6.07, 6.45) is 0.657. The molecule has 0 spiro atoms. The lowest BCUT2D eigenvalue weighted by molar-refractivity contribution is -0.384. The Labute approximate surface area is 170 Å². The number of carbonyl (C=O) groups excluding carboxylic acids is 3. The summed E-state index contributed by atoms with van der Waals surface area (Å²) in [7, 11) is 0. The van der Waals surface area contributed by atoms with Crippen LogP contribution >= 0.6 is 0 Å². The van der Waals surface area contributed by atoms with E-state index in [9.17, 15) is 24.5 Å². The van der Waals surface area contributed by atoms with Crippen LogP contribution in [0.4, 0.5) is 5.69 Å². The molecule has 0 atom stereocenters. The van der Waals surface area contributed by atoms with Gasteiger partial charge in [-0.2, -0.15) is 0 Å². The van der Waals surface area contributed by atoms with Gasteiger partial charge in [-0.15, -0.1) is 0 Å². The van der Waals surface area contributed by atoms with E-state index in [1.807, 2.05) is 24.3 Å². The number of fused-ring (bicyclic) bond motifs is 4. The molecule has 1 aromatic heterocycles. The number of amides is 3. The van der Waals surface area contributed by atoms with E-state index in [1.165, 1.54) is 12.1 Å². The van der Waals surface area contributed by atoms with Crippen molar-refractivity contribution in [2.45, 2.75) is 13.0 Å². The highest BCUT2D eigenvalue weighted by Crippen LogP contribution is 2.29. The summed E-state index contributed by atoms with van der Waals surface area (Å²) < 4.78 is 0. The van der Waals surface area contributed by atoms with Crippen molar-refractivity contribution in [2.24, 2.45) is 0 Å². The van der Waals surface area contributed by atoms with E-state index in [0.29, 0.717) is 19.5 Å². The second-order valence-corrected chi connectivity index (χ2v) is 7.38. The van der Waals surface area contributed by atoms with Gasteiger partial charge in [-0.25, -0.2) is 0 Å². The number of nitrogens with one attached hydrogen (secondary N) is 1. The summed E-state index contributed by atoms with van der Waals surface area (Å²) in [5.41, 5.74) is 2.91. The lowest BCUT2D eigenvalue weighted by Gasteiger charge is -2.28. The van der Waals surface area contributed by atoms with Crippen molar-refractivity contribution in [1.29, 1.82) is 0 Å². The van der Waals surface area contributed by atoms with Crippen LogP contribution in [0.15, 0.2) is 42.5 Å². The first-order chi connectivity index (χ1) is 14.4. The zero-order valence-corrected chi connectivity index (χ0v) is 15.8. The van der Waals surface area contributed by atoms with Crippen molar-refractivity contribution in [3.8, 4) is 0 Å². The summed E-state index contributed by atoms with van der Waals surface area (Å²) in [6, 6.07) is 11.4. The third kappa shape index (κ3) is 2.66. The first-order valence-electron chi connectivity index (χ1n) is 9.45. The number of rotatable bonds is 3. The molecule has 9 nitrogen and oxygen atoms in total. The number of aromatic amines is 1. The van der Waals surface area contributed by atoms with Crippen molar-refractivity contribution >= 4 is 34.3 Å². The lowest BCUT2D eigenvalue weighted by atomic mass is 10.0. The van der Waals surface area contributed by atoms with Crippen LogP contribution in [0.25, 0.3) is 10.9 Å². The van der Waals surface area contributed by atoms with Crippen molar-refractivity contribution < 1.29 is 19.3 Å². The molecule has 5 rings (SSSR count). The number of imide groups is 1. The molecule has 0 aliphatic carbocycles. The lowest BCUT2D eigenvalue weighted by Crippen LogP contribution is -2.44. The van der Waals surface area contributed by atoms with Crippen molar-refractivity contribution in [3.05, 3.63) is 75.0 Å². The van der Waals surface area contributed by atoms with Crippen LogP contribution in [0.5, 0.6) is 0 Å². The highest BCUT2D eigenvalue weighted by molar-refractivity contribution is 6.22. The Kier molecular flexibility index (Phi) is 3.92. The molecular formula is C21H16N4O5. The Hall–Kier alpha value is -4.01. The number of nitro benzene ring substituents is 1. The highest BCUT2D eigenvalue weighted by atomic mass is 16.6. The normalized spacial score (nSPS) is 15.5. The Morgan fingerprint density at radius 2 is 1.87 bits per heavy atom. The maximum Gasteiger partial charge on any atom is 0.270 e. The van der Waals surface area contributed by atoms with E-state index in [0.717, 1.165) is 33.1 Å². The van der Waals surface area contributed by atoms with Crippen molar-refractivity contribution in [2.75, 3.05) is 13.1 Å². The number of carbonyl (C=O) groups is 3. The predicted molar refractivity (Wildman–Crippen MR) is 106 cm³/mol. The van der Waals surface area contributed by atoms with Gasteiger partial charge in [0.2, 0.25) is 5.91 Å². The Balaban J connectivity index is 1.36. The van der Waals surface area contributed by atoms with E-state index in [1.54, 1.807) is 4.90 Å². The van der Waals surface area contributed by atoms with Crippen LogP contribution in [-0.2, 0) is 17.8 Å². The number of para-hydroxylation sites is 1. The molecule has 30 heavy (non-hydrogen) atoms. The fourth-order valence-corrected chi connectivity index (χ4v) is 4.15. The molecule has 0 radical (unpaired) electrons. The van der Waals surface area contributed by atoms with Crippen LogP contribution in [0.2, 0.25) is 0 Å². The molecule has 9 heteroatoms. The third-order valence-corrected chi connectivity index (χ3v) is 5.69. The molecule has 1 N–H and O–H groups in total. The Morgan fingerprint density at radius 1 is 1.10 bits per heavy atom. The smallest absolute Gasteiger partial charge is 0.270 e. The van der Waals surface area contributed by atoms with E-state index < -0.39 is 23.3 Å². The molecule has 3 amide bonds. The first kappa shape index (κ1) is 18.0. The van der Waals surface area contributed by atoms with E-state index in [4.69, 9.17) is 0 Å². The average Bonchev–Trinajstić information content (AvgIpc) is 3.23. The van der Waals surface area contributed by atoms with Crippen LogP contribution in [0.1, 0.15) is 32.0 Å². The minimum Gasteiger partial charge on any atom is -0.358 e. The van der Waals surface area contributed by atoms with Gasteiger partial charge in [0, 0.05) is 53.8 Å². The number of benzene rings is 2. The van der Waals surface area contributed by atoms with Gasteiger partial charge in [-0.3, -0.25) is 29.4 Å². The van der Waals surface area contributed by atoms with Crippen molar-refractivity contribution in [3.63, 3.8) is 0 Å². The molecule has 2 aliphatic heterocycles. The summed E-state index contributed by atoms with van der Waals surface area (Å²) in [4.78, 5) is 54.3. The molecule has 0 unspecified atom stereocenters. The van der Waals surface area contributed by atoms with Crippen LogP contribution < -0.4 is 0 Å². The fourth-order valence-electron chi connectivity index (χ4n) is 4.15. The van der Waals surface area contributed by atoms with Gasteiger partial charge >= 0.3 is 0 Å². The molecular weight excluding hydrogens is 388 g/mol. The molecule has 2 aromatic carbocycles. The Morgan fingerprint density at radius 3 is 2.67 bits per heavy atom. The topological polar surface area (TPSA) is 117 Å². The molecule has 2 aliphatic rings. The molecule has 0 saturated carbocycles. The standard InChI is InChI=1S/C21H16N4O5/c26-19(23-8-7-18-16(10-23)13-3-1-2-4-17(13)22-18)11-24-20(27)14-6-5-12(25(29)30)9-15(14)21(24)28/h1-6,9,22H,7-8,10-11H2. The average molecular weight is 404 g/mol. The summed E-state index contributed by atoms with van der Waals surface area (Å²) in [6.45, 7) is 0.484. The van der Waals surface area contributed by atoms with E-state index in [-0.39, 0.29) is 22.7 Å². The number of nitro groups is 1. The van der Waals surface area contributed by atoms with Crippen LogP contribution in [0, 0.1) is 10.1 Å². The van der Waals surface area contributed by atoms with Gasteiger partial charge in [0.05, 0.1) is 16.1 Å². The number of non-ortho nitro benzene ring substituents is 1. The Bertz CT molecular complexity index is 1260. The van der Waals surface area contributed by atoms with Gasteiger partial charge in [0.25, 0.3) is 17.5 Å². The largest absolute Gasteiger partial charge is 0.358 e. The number of nitrogens with zero attached hydrogens (tertiary/aromatic N) is 3. The number of hydrogen-bond acceptors (Lipinski definition) is 5. The SMILES string of the molecule is O=C(CN1C(=O)c2ccc([N+](=O)[O-])cc2C1=O)N1CCc2[nH]c3ccccc3c2C1. The molecule has 150 valence electrons. The second-order valence-electron chi connectivity index (χ2n) is 7.38. The zero-order valence-electron chi connectivity index (χ0n) is 15.8. The van der Waals surface area contributed by atoms with Crippen LogP contribution in [-0.4, -0.2) is 50.5 Å². The van der Waals surface area contributed by atoms with E-state index >= 15 is 0 Å². The summed E-state index contributed by atoms with van der Waals surface area (Å²) in [5, 5.41) is 12.0. The monoisotopic (exact) mass is 404 g/mol. The van der Waals surface area contributed by atoms with Crippen molar-refractivity contribution in [1.82, 2.24) is 14.8 Å². The zero-order chi connectivity index (χ0) is 21.0. The van der Waals surface area contributed by atoms with Gasteiger partial charge in [0.15, 0.2) is 0 Å². The second kappa shape index (κ2) is 6.51. The fraction of sp³-hybridized carbons (Fsp3) is 0.190. The summed E-state index contributed by atoms with van der Waals surface area (Å²) in [5.74, 6) is -1.63. The molecule has 0 fully saturated rings. The minimum atomic E-state index is -0.683. The maximum atomic E-state index is 12.9. The molecule has 0 saturated heterocycles. The predicted octanol–water partition coefficient (Wildman–Crippen LogP) is 2.26. The summed E-state index contributed by atoms with van der Waals surface area (Å²) >= 11 is 0. The van der Waals surface area contributed by atoms with Crippen LogP contribution in [0.3, 0.4) is 0 Å². The number of aromatic nitrogens is 1. The van der Waals surface area contributed by atoms with Gasteiger partial charge < -0.3 is 9.88 Å². The molecule has 0 bridgehead atoms. The highest BCUT2D eigenvalue weighted by Gasteiger charge is 2.39. The third-order valence-electron chi connectivity index (χ3n) is 5.69. The van der Waals surface area contributed by atoms with E-state index in [2.05, 4.69) is 4.98 Å². The quantitative estimate of drug-likeness (QED) is 0.408.